The number of aromatic nitrogens is 3. The Morgan fingerprint density at radius 3 is 2.64 bits per heavy atom. The number of nitrogens with zero attached hydrogens (tertiary/aromatic N) is 2. The lowest BCUT2D eigenvalue weighted by Gasteiger charge is -2.18. The van der Waals surface area contributed by atoms with Gasteiger partial charge in [0.2, 0.25) is 0 Å². The second-order valence-electron chi connectivity index (χ2n) is 10.1. The number of anilines is 2. The van der Waals surface area contributed by atoms with Crippen molar-refractivity contribution in [2.24, 2.45) is 0 Å². The number of rotatable bonds is 7. The summed E-state index contributed by atoms with van der Waals surface area (Å²) in [5.74, 6) is -0.165. The molecule has 1 amide bonds. The average Bonchev–Trinajstić information content (AvgIpc) is 3.56. The van der Waals surface area contributed by atoms with Crippen LogP contribution in [0.25, 0.3) is 22.3 Å². The smallest absolute Gasteiger partial charge is 0.384 e. The van der Waals surface area contributed by atoms with E-state index in [-0.39, 0.29) is 5.56 Å². The number of nitrogen functional groups attached to an aromatic ring is 1. The number of aryl methyl sites for hydroxylation is 2. The van der Waals surface area contributed by atoms with Crippen LogP contribution in [0.1, 0.15) is 58.3 Å². The molecule has 0 radical (unpaired) electrons. The van der Waals surface area contributed by atoms with Crippen molar-refractivity contribution in [1.82, 2.24) is 20.5 Å². The maximum Gasteiger partial charge on any atom is 0.416 e. The number of nitrogens with two attached hydrogens (primary N) is 1. The van der Waals surface area contributed by atoms with Gasteiger partial charge in [-0.2, -0.15) is 18.3 Å². The van der Waals surface area contributed by atoms with Gasteiger partial charge in [-0.1, -0.05) is 25.0 Å². The zero-order valence-corrected chi connectivity index (χ0v) is 21.9. The molecule has 1 aliphatic rings. The van der Waals surface area contributed by atoms with Gasteiger partial charge in [0.15, 0.2) is 5.65 Å². The molecule has 1 aliphatic carbocycles. The van der Waals surface area contributed by atoms with E-state index in [9.17, 15) is 18.0 Å². The van der Waals surface area contributed by atoms with Crippen LogP contribution >= 0.6 is 0 Å². The number of amides is 1. The van der Waals surface area contributed by atoms with Crippen molar-refractivity contribution in [3.8, 4) is 11.3 Å². The van der Waals surface area contributed by atoms with Crippen molar-refractivity contribution < 1.29 is 18.0 Å². The predicted octanol–water partition coefficient (Wildman–Crippen LogP) is 6.17. The van der Waals surface area contributed by atoms with Crippen molar-refractivity contribution >= 4 is 28.4 Å². The molecule has 0 unspecified atom stereocenters. The molecule has 0 saturated heterocycles. The number of pyridine rings is 1. The number of carbonyl (C=O) groups excluding carboxylic acids is 1. The third-order valence-electron chi connectivity index (χ3n) is 7.47. The molecule has 2 heterocycles. The van der Waals surface area contributed by atoms with Gasteiger partial charge in [0.05, 0.1) is 16.6 Å². The third-order valence-corrected chi connectivity index (χ3v) is 7.47. The number of alkyl halides is 3. The van der Waals surface area contributed by atoms with Crippen molar-refractivity contribution in [1.29, 1.82) is 0 Å². The van der Waals surface area contributed by atoms with Crippen molar-refractivity contribution in [2.45, 2.75) is 58.2 Å². The molecule has 0 spiro atoms. The fourth-order valence-corrected chi connectivity index (χ4v) is 5.35. The molecule has 1 saturated carbocycles. The predicted molar refractivity (Wildman–Crippen MR) is 147 cm³/mol. The minimum atomic E-state index is -4.53. The lowest BCUT2D eigenvalue weighted by molar-refractivity contribution is -0.137. The molecule has 5 N–H and O–H groups in total. The Morgan fingerprint density at radius 2 is 1.90 bits per heavy atom. The standard InChI is InChI=1S/C29H31F3N6O/c1-16-10-11-21(35-28(39)18-6-5-7-19(14-18)29(30,31)32)15-23(16)25-22(12-13-34-20-8-3-4-9-20)17(2)24-26(33)37-38-27(24)36-25/h5-7,10-11,14-15,20,34H,3-4,8-9,12-13H2,1-2H3,(H,35,39)(H3,33,36,37,38). The van der Waals surface area contributed by atoms with Crippen LogP contribution in [0.5, 0.6) is 0 Å². The number of benzene rings is 2. The molecule has 5 rings (SSSR count). The summed E-state index contributed by atoms with van der Waals surface area (Å²) in [4.78, 5) is 17.7. The third kappa shape index (κ3) is 5.61. The SMILES string of the molecule is Cc1ccc(NC(=O)c2cccc(C(F)(F)F)c2)cc1-c1nc2n[nH]c(N)c2c(C)c1CCNC1CCCC1. The number of aromatic amines is 1. The minimum absolute atomic E-state index is 0.0759. The summed E-state index contributed by atoms with van der Waals surface area (Å²) in [5.41, 5.74) is 10.7. The summed E-state index contributed by atoms with van der Waals surface area (Å²) < 4.78 is 39.4. The number of carbonyl (C=O) groups is 1. The number of nitrogens with one attached hydrogen (secondary N) is 3. The zero-order chi connectivity index (χ0) is 27.7. The van der Waals surface area contributed by atoms with Gasteiger partial charge in [0.1, 0.15) is 5.82 Å². The molecule has 204 valence electrons. The van der Waals surface area contributed by atoms with Crippen LogP contribution in [-0.4, -0.2) is 33.7 Å². The van der Waals surface area contributed by atoms with Gasteiger partial charge in [-0.25, -0.2) is 4.98 Å². The van der Waals surface area contributed by atoms with E-state index >= 15 is 0 Å². The molecule has 0 bridgehead atoms. The largest absolute Gasteiger partial charge is 0.416 e. The summed E-state index contributed by atoms with van der Waals surface area (Å²) in [7, 11) is 0. The van der Waals surface area contributed by atoms with Crippen LogP contribution < -0.4 is 16.4 Å². The van der Waals surface area contributed by atoms with Gasteiger partial charge in [0, 0.05) is 22.9 Å². The lowest BCUT2D eigenvalue weighted by atomic mass is 9.94. The van der Waals surface area contributed by atoms with E-state index in [2.05, 4.69) is 20.8 Å². The van der Waals surface area contributed by atoms with E-state index in [4.69, 9.17) is 10.7 Å². The van der Waals surface area contributed by atoms with Gasteiger partial charge in [-0.05, 0) is 86.7 Å². The highest BCUT2D eigenvalue weighted by Gasteiger charge is 2.31. The molecule has 2 aromatic heterocycles. The maximum atomic E-state index is 13.1. The van der Waals surface area contributed by atoms with Gasteiger partial charge in [-0.3, -0.25) is 9.89 Å². The highest BCUT2D eigenvalue weighted by molar-refractivity contribution is 6.04. The first-order valence-electron chi connectivity index (χ1n) is 13.1. The Morgan fingerprint density at radius 1 is 1.13 bits per heavy atom. The van der Waals surface area contributed by atoms with E-state index < -0.39 is 17.6 Å². The molecule has 1 fully saturated rings. The summed E-state index contributed by atoms with van der Waals surface area (Å²) in [6.07, 6.45) is 1.06. The molecule has 0 atom stereocenters. The van der Waals surface area contributed by atoms with E-state index in [0.717, 1.165) is 58.4 Å². The number of hydrogen-bond donors (Lipinski definition) is 4. The van der Waals surface area contributed by atoms with E-state index in [1.165, 1.54) is 37.8 Å². The topological polar surface area (TPSA) is 109 Å². The average molecular weight is 537 g/mol. The van der Waals surface area contributed by atoms with Gasteiger partial charge >= 0.3 is 6.18 Å². The summed E-state index contributed by atoms with van der Waals surface area (Å²) in [6.45, 7) is 4.75. The number of halogens is 3. The first-order valence-corrected chi connectivity index (χ1v) is 13.1. The highest BCUT2D eigenvalue weighted by atomic mass is 19.4. The number of H-pyrrole nitrogens is 1. The van der Waals surface area contributed by atoms with Crippen molar-refractivity contribution in [2.75, 3.05) is 17.6 Å². The van der Waals surface area contributed by atoms with Crippen molar-refractivity contribution in [3.05, 3.63) is 70.3 Å². The first kappa shape index (κ1) is 26.7. The zero-order valence-electron chi connectivity index (χ0n) is 21.9. The van der Waals surface area contributed by atoms with E-state index in [1.54, 1.807) is 12.1 Å². The molecule has 0 aliphatic heterocycles. The Bertz CT molecular complexity index is 1520. The fraction of sp³-hybridized carbons (Fsp3) is 0.345. The Hall–Kier alpha value is -3.92. The highest BCUT2D eigenvalue weighted by Crippen LogP contribution is 2.35. The molecule has 2 aromatic carbocycles. The Labute approximate surface area is 224 Å². The summed E-state index contributed by atoms with van der Waals surface area (Å²) in [6, 6.07) is 10.3. The first-order chi connectivity index (χ1) is 18.6. The molecule has 39 heavy (non-hydrogen) atoms. The Kier molecular flexibility index (Phi) is 7.31. The lowest BCUT2D eigenvalue weighted by Crippen LogP contribution is -2.28. The summed E-state index contributed by atoms with van der Waals surface area (Å²) in [5, 5.41) is 14.3. The van der Waals surface area contributed by atoms with Crippen LogP contribution in [-0.2, 0) is 12.6 Å². The monoisotopic (exact) mass is 536 g/mol. The van der Waals surface area contributed by atoms with Gasteiger partial charge in [-0.15, -0.1) is 0 Å². The molecule has 10 heteroatoms. The van der Waals surface area contributed by atoms with E-state index in [0.29, 0.717) is 23.2 Å². The summed E-state index contributed by atoms with van der Waals surface area (Å²) >= 11 is 0. The minimum Gasteiger partial charge on any atom is -0.384 e. The quantitative estimate of drug-likeness (QED) is 0.226. The van der Waals surface area contributed by atoms with Crippen LogP contribution in [0.4, 0.5) is 24.7 Å². The van der Waals surface area contributed by atoms with Crippen LogP contribution in [0, 0.1) is 13.8 Å². The maximum absolute atomic E-state index is 13.1. The van der Waals surface area contributed by atoms with Crippen LogP contribution in [0.2, 0.25) is 0 Å². The Balaban J connectivity index is 1.48. The van der Waals surface area contributed by atoms with E-state index in [1.807, 2.05) is 19.9 Å². The van der Waals surface area contributed by atoms with Crippen LogP contribution in [0.3, 0.4) is 0 Å². The second kappa shape index (κ2) is 10.7. The van der Waals surface area contributed by atoms with Gasteiger partial charge in [0.25, 0.3) is 5.91 Å². The number of fused-ring (bicyclic) bond motifs is 1. The second-order valence-corrected chi connectivity index (χ2v) is 10.1. The number of hydrogen-bond acceptors (Lipinski definition) is 5. The molecule has 4 aromatic rings. The molecular formula is C29H31F3N6O. The fourth-order valence-electron chi connectivity index (χ4n) is 5.35. The van der Waals surface area contributed by atoms with Crippen molar-refractivity contribution in [3.63, 3.8) is 0 Å². The van der Waals surface area contributed by atoms with Gasteiger partial charge < -0.3 is 16.4 Å². The molecular weight excluding hydrogens is 505 g/mol. The molecule has 7 nitrogen and oxygen atoms in total. The van der Waals surface area contributed by atoms with Crippen LogP contribution in [0.15, 0.2) is 42.5 Å². The normalized spacial score (nSPS) is 14.3.